The van der Waals surface area contributed by atoms with Crippen molar-refractivity contribution in [1.82, 2.24) is 4.90 Å². The fourth-order valence-corrected chi connectivity index (χ4v) is 3.62. The highest BCUT2D eigenvalue weighted by Crippen LogP contribution is 2.33. The van der Waals surface area contributed by atoms with Gasteiger partial charge >= 0.3 is 0 Å². The SMILES string of the molecule is COc1cc(/C=C2\SC(=O)N(CCOc3ccccc3Cl)C2=O)cc(OC)c1. The number of benzene rings is 2. The number of para-hydroxylation sites is 1. The molecule has 0 bridgehead atoms. The molecule has 28 heavy (non-hydrogen) atoms. The van der Waals surface area contributed by atoms with E-state index in [1.165, 1.54) is 0 Å². The van der Waals surface area contributed by atoms with Gasteiger partial charge in [-0.2, -0.15) is 0 Å². The third-order valence-corrected chi connectivity index (χ3v) is 5.17. The molecular weight excluding hydrogens is 402 g/mol. The zero-order valence-corrected chi connectivity index (χ0v) is 16.9. The maximum Gasteiger partial charge on any atom is 0.293 e. The van der Waals surface area contributed by atoms with Crippen LogP contribution in [0.2, 0.25) is 5.02 Å². The van der Waals surface area contributed by atoms with Crippen LogP contribution in [0, 0.1) is 0 Å². The predicted molar refractivity (Wildman–Crippen MR) is 109 cm³/mol. The average molecular weight is 420 g/mol. The van der Waals surface area contributed by atoms with E-state index in [2.05, 4.69) is 0 Å². The van der Waals surface area contributed by atoms with E-state index >= 15 is 0 Å². The van der Waals surface area contributed by atoms with Crippen LogP contribution in [0.4, 0.5) is 4.79 Å². The highest BCUT2D eigenvalue weighted by atomic mass is 35.5. The Kier molecular flexibility index (Phi) is 6.49. The highest BCUT2D eigenvalue weighted by molar-refractivity contribution is 8.18. The fourth-order valence-electron chi connectivity index (χ4n) is 2.57. The van der Waals surface area contributed by atoms with Crippen LogP contribution in [0.15, 0.2) is 47.4 Å². The molecule has 0 atom stereocenters. The number of halogens is 1. The topological polar surface area (TPSA) is 65.1 Å². The molecule has 146 valence electrons. The Morgan fingerprint density at radius 1 is 1.07 bits per heavy atom. The molecular formula is C20H18ClNO5S. The molecule has 0 aliphatic carbocycles. The van der Waals surface area contributed by atoms with E-state index in [4.69, 9.17) is 25.8 Å². The van der Waals surface area contributed by atoms with Crippen LogP contribution >= 0.6 is 23.4 Å². The van der Waals surface area contributed by atoms with E-state index < -0.39 is 0 Å². The largest absolute Gasteiger partial charge is 0.497 e. The number of ether oxygens (including phenoxy) is 3. The molecule has 3 rings (SSSR count). The molecule has 6 nitrogen and oxygen atoms in total. The Balaban J connectivity index is 1.69. The molecule has 2 aromatic rings. The van der Waals surface area contributed by atoms with E-state index in [1.54, 1.807) is 62.8 Å². The van der Waals surface area contributed by atoms with Gasteiger partial charge in [0.1, 0.15) is 23.9 Å². The lowest BCUT2D eigenvalue weighted by Gasteiger charge is -2.13. The highest BCUT2D eigenvalue weighted by Gasteiger charge is 2.34. The zero-order valence-electron chi connectivity index (χ0n) is 15.3. The molecule has 1 saturated heterocycles. The van der Waals surface area contributed by atoms with Gasteiger partial charge in [0.25, 0.3) is 11.1 Å². The molecule has 0 unspecified atom stereocenters. The van der Waals surface area contributed by atoms with Crippen LogP contribution in [-0.2, 0) is 4.79 Å². The summed E-state index contributed by atoms with van der Waals surface area (Å²) in [6.07, 6.45) is 1.64. The molecule has 2 aromatic carbocycles. The maximum atomic E-state index is 12.6. The maximum absolute atomic E-state index is 12.6. The van der Waals surface area contributed by atoms with Gasteiger partial charge in [-0.1, -0.05) is 23.7 Å². The van der Waals surface area contributed by atoms with Crippen molar-refractivity contribution in [2.45, 2.75) is 0 Å². The molecule has 1 aliphatic heterocycles. The monoisotopic (exact) mass is 419 g/mol. The van der Waals surface area contributed by atoms with Crippen molar-refractivity contribution in [2.75, 3.05) is 27.4 Å². The number of methoxy groups -OCH3 is 2. The van der Waals surface area contributed by atoms with Gasteiger partial charge in [-0.15, -0.1) is 0 Å². The summed E-state index contributed by atoms with van der Waals surface area (Å²) in [6.45, 7) is 0.288. The molecule has 0 spiro atoms. The van der Waals surface area contributed by atoms with E-state index in [1.807, 2.05) is 0 Å². The van der Waals surface area contributed by atoms with E-state index in [9.17, 15) is 9.59 Å². The summed E-state index contributed by atoms with van der Waals surface area (Å²) < 4.78 is 16.0. The van der Waals surface area contributed by atoms with Crippen LogP contribution < -0.4 is 14.2 Å². The van der Waals surface area contributed by atoms with E-state index in [-0.39, 0.29) is 24.3 Å². The Morgan fingerprint density at radius 2 is 1.75 bits per heavy atom. The molecule has 2 amide bonds. The summed E-state index contributed by atoms with van der Waals surface area (Å²) in [7, 11) is 3.09. The van der Waals surface area contributed by atoms with Gasteiger partial charge in [0.15, 0.2) is 0 Å². The first-order valence-electron chi connectivity index (χ1n) is 8.37. The number of nitrogens with zero attached hydrogens (tertiary/aromatic N) is 1. The van der Waals surface area contributed by atoms with Crippen molar-refractivity contribution in [3.05, 3.63) is 58.0 Å². The van der Waals surface area contributed by atoms with Gasteiger partial charge in [-0.3, -0.25) is 14.5 Å². The third kappa shape index (κ3) is 4.61. The van der Waals surface area contributed by atoms with Crippen LogP contribution in [0.5, 0.6) is 17.2 Å². The van der Waals surface area contributed by atoms with Gasteiger partial charge in [0, 0.05) is 6.07 Å². The summed E-state index contributed by atoms with van der Waals surface area (Å²) in [5.41, 5.74) is 0.703. The molecule has 1 fully saturated rings. The number of imide groups is 1. The minimum absolute atomic E-state index is 0.134. The Morgan fingerprint density at radius 3 is 2.39 bits per heavy atom. The number of thioether (sulfide) groups is 1. The first-order valence-corrected chi connectivity index (χ1v) is 9.57. The van der Waals surface area contributed by atoms with Gasteiger partial charge in [0.2, 0.25) is 0 Å². The molecule has 0 N–H and O–H groups in total. The van der Waals surface area contributed by atoms with Gasteiger partial charge < -0.3 is 14.2 Å². The summed E-state index contributed by atoms with van der Waals surface area (Å²) in [5, 5.41) is 0.136. The average Bonchev–Trinajstić information content (AvgIpc) is 2.96. The second kappa shape index (κ2) is 9.03. The number of hydrogen-bond donors (Lipinski definition) is 0. The minimum Gasteiger partial charge on any atom is -0.497 e. The predicted octanol–water partition coefficient (Wildman–Crippen LogP) is 4.47. The van der Waals surface area contributed by atoms with Crippen molar-refractivity contribution in [3.8, 4) is 17.2 Å². The number of hydrogen-bond acceptors (Lipinski definition) is 6. The normalized spacial score (nSPS) is 15.2. The Hall–Kier alpha value is -2.64. The van der Waals surface area contributed by atoms with E-state index in [0.29, 0.717) is 32.7 Å². The van der Waals surface area contributed by atoms with E-state index in [0.717, 1.165) is 16.7 Å². The second-order valence-corrected chi connectivity index (χ2v) is 7.16. The van der Waals surface area contributed by atoms with Crippen molar-refractivity contribution >= 4 is 40.6 Å². The number of carbonyl (C=O) groups excluding carboxylic acids is 2. The van der Waals surface area contributed by atoms with Crippen LogP contribution in [0.1, 0.15) is 5.56 Å². The lowest BCUT2D eigenvalue weighted by molar-refractivity contribution is -0.123. The summed E-state index contributed by atoms with van der Waals surface area (Å²) >= 11 is 6.92. The Labute approximate surface area is 172 Å². The molecule has 0 radical (unpaired) electrons. The fraction of sp³-hybridized carbons (Fsp3) is 0.200. The summed E-state index contributed by atoms with van der Waals surface area (Å²) in [5.74, 6) is 1.34. The molecule has 1 aliphatic rings. The third-order valence-electron chi connectivity index (χ3n) is 3.95. The zero-order chi connectivity index (χ0) is 20.1. The van der Waals surface area contributed by atoms with Crippen molar-refractivity contribution in [3.63, 3.8) is 0 Å². The number of amides is 2. The quantitative estimate of drug-likeness (QED) is 0.617. The van der Waals surface area contributed by atoms with Crippen molar-refractivity contribution in [1.29, 1.82) is 0 Å². The molecule has 0 aromatic heterocycles. The lowest BCUT2D eigenvalue weighted by Crippen LogP contribution is -2.32. The van der Waals surface area contributed by atoms with Crippen LogP contribution in [0.25, 0.3) is 6.08 Å². The first-order chi connectivity index (χ1) is 13.5. The van der Waals surface area contributed by atoms with Crippen LogP contribution in [-0.4, -0.2) is 43.4 Å². The summed E-state index contributed by atoms with van der Waals surface area (Å²) in [4.78, 5) is 26.3. The van der Waals surface area contributed by atoms with Crippen molar-refractivity contribution < 1.29 is 23.8 Å². The molecule has 1 heterocycles. The number of rotatable bonds is 7. The van der Waals surface area contributed by atoms with Gasteiger partial charge in [-0.25, -0.2) is 0 Å². The van der Waals surface area contributed by atoms with Crippen molar-refractivity contribution in [2.24, 2.45) is 0 Å². The first kappa shape index (κ1) is 20.1. The lowest BCUT2D eigenvalue weighted by atomic mass is 10.2. The second-order valence-electron chi connectivity index (χ2n) is 5.76. The number of carbonyl (C=O) groups is 2. The smallest absolute Gasteiger partial charge is 0.293 e. The van der Waals surface area contributed by atoms with Crippen LogP contribution in [0.3, 0.4) is 0 Å². The molecule has 8 heteroatoms. The van der Waals surface area contributed by atoms with Gasteiger partial charge in [0.05, 0.1) is 30.7 Å². The van der Waals surface area contributed by atoms with Gasteiger partial charge in [-0.05, 0) is 47.7 Å². The summed E-state index contributed by atoms with van der Waals surface area (Å²) in [6, 6.07) is 12.3. The molecule has 0 saturated carbocycles. The minimum atomic E-state index is -0.362. The Bertz CT molecular complexity index is 908. The standard InChI is InChI=1S/C20H18ClNO5S/c1-25-14-9-13(10-15(12-14)26-2)11-18-19(23)22(20(24)28-18)7-8-27-17-6-4-3-5-16(17)21/h3-6,9-12H,7-8H2,1-2H3/b18-11-.